The summed E-state index contributed by atoms with van der Waals surface area (Å²) in [6, 6.07) is 20.0. The monoisotopic (exact) mass is 405 g/mol. The Kier molecular flexibility index (Phi) is 6.77. The van der Waals surface area contributed by atoms with Crippen molar-refractivity contribution in [3.63, 3.8) is 0 Å². The molecular formula is C24H27N3O3. The maximum Gasteiger partial charge on any atom is 0.410 e. The van der Waals surface area contributed by atoms with Crippen molar-refractivity contribution in [2.75, 3.05) is 26.2 Å². The molecule has 0 radical (unpaired) electrons. The lowest BCUT2D eigenvalue weighted by Gasteiger charge is -2.39. The van der Waals surface area contributed by atoms with Crippen LogP contribution in [0.4, 0.5) is 4.79 Å². The molecule has 30 heavy (non-hydrogen) atoms. The first kappa shape index (κ1) is 20.2. The van der Waals surface area contributed by atoms with Gasteiger partial charge in [-0.3, -0.25) is 4.90 Å². The third kappa shape index (κ3) is 5.27. The number of carbonyl (C=O) groups excluding carboxylic acids is 1. The van der Waals surface area contributed by atoms with E-state index in [1.165, 1.54) is 0 Å². The Labute approximate surface area is 177 Å². The molecule has 1 amide bonds. The molecule has 0 spiro atoms. The molecule has 6 nitrogen and oxygen atoms in total. The van der Waals surface area contributed by atoms with Crippen LogP contribution >= 0.6 is 0 Å². The number of nitrogens with zero attached hydrogens (tertiary/aromatic N) is 3. The van der Waals surface area contributed by atoms with Crippen LogP contribution in [0.5, 0.6) is 0 Å². The Morgan fingerprint density at radius 2 is 1.53 bits per heavy atom. The Morgan fingerprint density at radius 3 is 2.20 bits per heavy atom. The van der Waals surface area contributed by atoms with Gasteiger partial charge in [0.25, 0.3) is 0 Å². The van der Waals surface area contributed by atoms with E-state index in [1.807, 2.05) is 66.9 Å². The Morgan fingerprint density at radius 1 is 0.900 bits per heavy atom. The van der Waals surface area contributed by atoms with E-state index in [4.69, 9.17) is 9.47 Å². The highest BCUT2D eigenvalue weighted by molar-refractivity contribution is 5.83. The second-order valence-electron chi connectivity index (χ2n) is 7.44. The van der Waals surface area contributed by atoms with Crippen LogP contribution in [0.1, 0.15) is 17.5 Å². The molecule has 0 N–H and O–H groups in total. The quantitative estimate of drug-likeness (QED) is 0.758. The van der Waals surface area contributed by atoms with Crippen LogP contribution in [0, 0.1) is 0 Å². The minimum Gasteiger partial charge on any atom is -0.475 e. The maximum absolute atomic E-state index is 12.4. The van der Waals surface area contributed by atoms with Gasteiger partial charge in [0.05, 0.1) is 6.04 Å². The van der Waals surface area contributed by atoms with E-state index in [-0.39, 0.29) is 12.1 Å². The molecule has 1 fully saturated rings. The number of amides is 1. The third-order valence-electron chi connectivity index (χ3n) is 5.40. The van der Waals surface area contributed by atoms with Crippen molar-refractivity contribution >= 4 is 12.0 Å². The lowest BCUT2D eigenvalue weighted by atomic mass is 10.1. The topological polar surface area (TPSA) is 54.4 Å². The lowest BCUT2D eigenvalue weighted by Crippen LogP contribution is -2.54. The highest BCUT2D eigenvalue weighted by atomic mass is 16.6. The zero-order valence-electron chi connectivity index (χ0n) is 17.0. The summed E-state index contributed by atoms with van der Waals surface area (Å²) in [4.78, 5) is 21.0. The molecule has 0 aliphatic carbocycles. The van der Waals surface area contributed by atoms with Crippen LogP contribution in [0.25, 0.3) is 0 Å². The maximum atomic E-state index is 12.4. The molecule has 2 aliphatic heterocycles. The molecule has 2 aromatic carbocycles. The van der Waals surface area contributed by atoms with E-state index in [2.05, 4.69) is 16.0 Å². The molecule has 1 unspecified atom stereocenters. The van der Waals surface area contributed by atoms with Gasteiger partial charge in [0.2, 0.25) is 5.90 Å². The summed E-state index contributed by atoms with van der Waals surface area (Å²) in [5.74, 6) is 0.751. The normalized spacial score (nSPS) is 19.3. The fourth-order valence-electron chi connectivity index (χ4n) is 3.70. The van der Waals surface area contributed by atoms with Crippen molar-refractivity contribution in [1.82, 2.24) is 9.80 Å². The Balaban J connectivity index is 1.26. The standard InChI is InChI=1S/C24H27N3O3/c28-24(30-19-21-10-5-2-6-11-21)27-16-14-26(15-17-27)22-12-7-13-25-23(22)29-18-20-8-3-1-4-9-20/h1-11,13,22H,12,14-19H2. The van der Waals surface area contributed by atoms with Gasteiger partial charge in [-0.25, -0.2) is 9.79 Å². The number of aliphatic imine (C=N–C) groups is 1. The van der Waals surface area contributed by atoms with Crippen LogP contribution < -0.4 is 0 Å². The summed E-state index contributed by atoms with van der Waals surface area (Å²) in [5, 5.41) is 0. The van der Waals surface area contributed by atoms with E-state index in [9.17, 15) is 4.79 Å². The van der Waals surface area contributed by atoms with Crippen molar-refractivity contribution in [2.24, 2.45) is 4.99 Å². The molecule has 0 bridgehead atoms. The largest absolute Gasteiger partial charge is 0.475 e. The van der Waals surface area contributed by atoms with Gasteiger partial charge in [-0.2, -0.15) is 0 Å². The minimum absolute atomic E-state index is 0.112. The van der Waals surface area contributed by atoms with Gasteiger partial charge in [-0.15, -0.1) is 0 Å². The van der Waals surface area contributed by atoms with Crippen molar-refractivity contribution < 1.29 is 14.3 Å². The van der Waals surface area contributed by atoms with Crippen molar-refractivity contribution in [2.45, 2.75) is 25.7 Å². The molecule has 2 aromatic rings. The number of hydrogen-bond acceptors (Lipinski definition) is 5. The number of hydrogen-bond donors (Lipinski definition) is 0. The molecular weight excluding hydrogens is 378 g/mol. The zero-order chi connectivity index (χ0) is 20.6. The van der Waals surface area contributed by atoms with E-state index in [0.717, 1.165) is 36.5 Å². The van der Waals surface area contributed by atoms with Crippen LogP contribution in [0.15, 0.2) is 77.9 Å². The predicted octanol–water partition coefficient (Wildman–Crippen LogP) is 3.84. The van der Waals surface area contributed by atoms with E-state index in [1.54, 1.807) is 4.90 Å². The molecule has 2 heterocycles. The molecule has 6 heteroatoms. The Bertz CT molecular complexity index is 875. The minimum atomic E-state index is -0.253. The average Bonchev–Trinajstić information content (AvgIpc) is 2.83. The van der Waals surface area contributed by atoms with E-state index < -0.39 is 0 Å². The molecule has 0 aromatic heterocycles. The summed E-state index contributed by atoms with van der Waals surface area (Å²) >= 11 is 0. The highest BCUT2D eigenvalue weighted by Gasteiger charge is 2.30. The van der Waals surface area contributed by atoms with Crippen molar-refractivity contribution in [1.29, 1.82) is 0 Å². The fraction of sp³-hybridized carbons (Fsp3) is 0.333. The first-order valence-electron chi connectivity index (χ1n) is 10.4. The van der Waals surface area contributed by atoms with Gasteiger partial charge in [-0.05, 0) is 17.5 Å². The summed E-state index contributed by atoms with van der Waals surface area (Å²) in [6.45, 7) is 3.63. The summed E-state index contributed by atoms with van der Waals surface area (Å²) in [7, 11) is 0. The highest BCUT2D eigenvalue weighted by Crippen LogP contribution is 2.18. The summed E-state index contributed by atoms with van der Waals surface area (Å²) in [5.41, 5.74) is 2.12. The molecule has 156 valence electrons. The van der Waals surface area contributed by atoms with Gasteiger partial charge < -0.3 is 14.4 Å². The molecule has 1 atom stereocenters. The van der Waals surface area contributed by atoms with Crippen LogP contribution in [-0.4, -0.2) is 54.0 Å². The second kappa shape index (κ2) is 10.1. The van der Waals surface area contributed by atoms with Crippen LogP contribution in [0.3, 0.4) is 0 Å². The van der Waals surface area contributed by atoms with Gasteiger partial charge in [-0.1, -0.05) is 66.7 Å². The van der Waals surface area contributed by atoms with Gasteiger partial charge in [0.1, 0.15) is 13.2 Å². The van der Waals surface area contributed by atoms with Crippen molar-refractivity contribution in [3.8, 4) is 0 Å². The smallest absolute Gasteiger partial charge is 0.410 e. The fourth-order valence-corrected chi connectivity index (χ4v) is 3.70. The molecule has 0 saturated carbocycles. The van der Waals surface area contributed by atoms with Crippen LogP contribution in [0.2, 0.25) is 0 Å². The number of benzene rings is 2. The van der Waals surface area contributed by atoms with Gasteiger partial charge in [0.15, 0.2) is 0 Å². The van der Waals surface area contributed by atoms with Gasteiger partial charge >= 0.3 is 6.09 Å². The Hall–Kier alpha value is -3.12. The SMILES string of the molecule is O=C(OCc1ccccc1)N1CCN(C2CC=CN=C2OCc2ccccc2)CC1. The van der Waals surface area contributed by atoms with Crippen molar-refractivity contribution in [3.05, 3.63) is 84.1 Å². The zero-order valence-corrected chi connectivity index (χ0v) is 17.0. The number of ether oxygens (including phenoxy) is 2. The second-order valence-corrected chi connectivity index (χ2v) is 7.44. The first-order chi connectivity index (χ1) is 14.8. The van der Waals surface area contributed by atoms with Gasteiger partial charge in [0, 0.05) is 32.4 Å². The molecule has 4 rings (SSSR count). The summed E-state index contributed by atoms with van der Waals surface area (Å²) < 4.78 is 11.5. The molecule has 1 saturated heterocycles. The van der Waals surface area contributed by atoms with Crippen LogP contribution in [-0.2, 0) is 22.7 Å². The number of carbonyl (C=O) groups is 1. The predicted molar refractivity (Wildman–Crippen MR) is 116 cm³/mol. The third-order valence-corrected chi connectivity index (χ3v) is 5.40. The van der Waals surface area contributed by atoms with E-state index in [0.29, 0.717) is 26.3 Å². The summed E-state index contributed by atoms with van der Waals surface area (Å²) in [6.07, 6.45) is 4.50. The molecule has 2 aliphatic rings. The lowest BCUT2D eigenvalue weighted by molar-refractivity contribution is 0.0642. The van der Waals surface area contributed by atoms with E-state index >= 15 is 0 Å². The first-order valence-corrected chi connectivity index (χ1v) is 10.4. The number of piperazine rings is 1. The number of rotatable bonds is 5. The average molecular weight is 405 g/mol.